The van der Waals surface area contributed by atoms with E-state index in [9.17, 15) is 4.79 Å². The van der Waals surface area contributed by atoms with Gasteiger partial charge in [-0.25, -0.2) is 4.79 Å². The summed E-state index contributed by atoms with van der Waals surface area (Å²) in [5, 5.41) is 11.3. The Labute approximate surface area is 144 Å². The molecule has 0 aliphatic heterocycles. The van der Waals surface area contributed by atoms with Gasteiger partial charge in [0.2, 0.25) is 0 Å². The average molecular weight is 336 g/mol. The lowest BCUT2D eigenvalue weighted by atomic mass is 10.2. The normalized spacial score (nSPS) is 11.2. The summed E-state index contributed by atoms with van der Waals surface area (Å²) in [6, 6.07) is 16.1. The van der Waals surface area contributed by atoms with Gasteiger partial charge < -0.3 is 9.47 Å². The number of aromatic nitrogens is 4. The third-order valence-electron chi connectivity index (χ3n) is 3.41. The van der Waals surface area contributed by atoms with Gasteiger partial charge >= 0.3 is 5.97 Å². The lowest BCUT2D eigenvalue weighted by Gasteiger charge is -2.09. The number of tetrazole rings is 1. The molecular formula is C18H16N4O3. The number of benzene rings is 2. The van der Waals surface area contributed by atoms with Crippen molar-refractivity contribution in [1.82, 2.24) is 20.2 Å². The zero-order valence-corrected chi connectivity index (χ0v) is 13.8. The summed E-state index contributed by atoms with van der Waals surface area (Å²) in [7, 11) is 1.58. The van der Waals surface area contributed by atoms with Gasteiger partial charge in [-0.1, -0.05) is 30.3 Å². The molecule has 0 atom stereocenters. The van der Waals surface area contributed by atoms with Crippen LogP contribution < -0.4 is 9.47 Å². The monoisotopic (exact) mass is 336 g/mol. The molecule has 0 aliphatic rings. The second kappa shape index (κ2) is 7.39. The first kappa shape index (κ1) is 16.4. The number of esters is 1. The molecule has 0 bridgehead atoms. The summed E-state index contributed by atoms with van der Waals surface area (Å²) in [4.78, 5) is 12.7. The molecule has 2 aromatic carbocycles. The van der Waals surface area contributed by atoms with E-state index in [0.29, 0.717) is 17.3 Å². The molecule has 7 nitrogen and oxygen atoms in total. The standard InChI is InChI=1S/C18H16N4O3/c1-13-19-20-21-22(13)17(12-14-7-6-10-16(11-14)24-2)18(23)25-15-8-4-3-5-9-15/h3-12H,1-2H3. The Morgan fingerprint density at radius 1 is 1.08 bits per heavy atom. The predicted octanol–water partition coefficient (Wildman–Crippen LogP) is 2.59. The van der Waals surface area contributed by atoms with Crippen molar-refractivity contribution in [1.29, 1.82) is 0 Å². The molecule has 0 saturated carbocycles. The van der Waals surface area contributed by atoms with E-state index >= 15 is 0 Å². The maximum Gasteiger partial charge on any atom is 0.362 e. The van der Waals surface area contributed by atoms with E-state index in [4.69, 9.17) is 9.47 Å². The highest BCUT2D eigenvalue weighted by Crippen LogP contribution is 2.19. The van der Waals surface area contributed by atoms with Gasteiger partial charge in [0.05, 0.1) is 7.11 Å². The molecule has 25 heavy (non-hydrogen) atoms. The summed E-state index contributed by atoms with van der Waals surface area (Å²) in [5.74, 6) is 1.02. The summed E-state index contributed by atoms with van der Waals surface area (Å²) < 4.78 is 12.0. The minimum Gasteiger partial charge on any atom is -0.497 e. The Kier molecular flexibility index (Phi) is 4.84. The van der Waals surface area contributed by atoms with Crippen LogP contribution in [0.25, 0.3) is 11.8 Å². The number of carbonyl (C=O) groups excluding carboxylic acids is 1. The molecule has 0 fully saturated rings. The third-order valence-corrected chi connectivity index (χ3v) is 3.41. The summed E-state index contributed by atoms with van der Waals surface area (Å²) in [6.07, 6.45) is 1.65. The fraction of sp³-hybridized carbons (Fsp3) is 0.111. The van der Waals surface area contributed by atoms with Crippen molar-refractivity contribution in [3.8, 4) is 11.5 Å². The van der Waals surface area contributed by atoms with E-state index in [1.165, 1.54) is 4.68 Å². The smallest absolute Gasteiger partial charge is 0.362 e. The number of methoxy groups -OCH3 is 1. The Morgan fingerprint density at radius 3 is 2.52 bits per heavy atom. The topological polar surface area (TPSA) is 79.1 Å². The van der Waals surface area contributed by atoms with Crippen molar-refractivity contribution in [3.63, 3.8) is 0 Å². The number of rotatable bonds is 5. The highest BCUT2D eigenvalue weighted by Gasteiger charge is 2.18. The second-order valence-electron chi connectivity index (χ2n) is 5.15. The molecule has 1 heterocycles. The van der Waals surface area contributed by atoms with Crippen LogP contribution in [0.4, 0.5) is 0 Å². The molecule has 7 heteroatoms. The first-order chi connectivity index (χ1) is 12.2. The van der Waals surface area contributed by atoms with Crippen LogP contribution in [-0.2, 0) is 4.79 Å². The molecule has 0 N–H and O–H groups in total. The van der Waals surface area contributed by atoms with Gasteiger partial charge in [-0.05, 0) is 53.3 Å². The number of aryl methyl sites for hydroxylation is 1. The first-order valence-electron chi connectivity index (χ1n) is 7.55. The van der Waals surface area contributed by atoms with Crippen molar-refractivity contribution in [2.24, 2.45) is 0 Å². The number of hydrogen-bond donors (Lipinski definition) is 0. The Balaban J connectivity index is 1.99. The van der Waals surface area contributed by atoms with Crippen molar-refractivity contribution < 1.29 is 14.3 Å². The van der Waals surface area contributed by atoms with E-state index in [0.717, 1.165) is 5.56 Å². The predicted molar refractivity (Wildman–Crippen MR) is 91.8 cm³/mol. The Morgan fingerprint density at radius 2 is 1.84 bits per heavy atom. The molecule has 0 aliphatic carbocycles. The highest BCUT2D eigenvalue weighted by atomic mass is 16.5. The van der Waals surface area contributed by atoms with Crippen molar-refractivity contribution in [3.05, 3.63) is 66.0 Å². The van der Waals surface area contributed by atoms with Crippen LogP contribution >= 0.6 is 0 Å². The van der Waals surface area contributed by atoms with Crippen LogP contribution in [0, 0.1) is 6.92 Å². The van der Waals surface area contributed by atoms with E-state index in [1.807, 2.05) is 24.3 Å². The zero-order chi connectivity index (χ0) is 17.6. The summed E-state index contributed by atoms with van der Waals surface area (Å²) in [5.41, 5.74) is 0.953. The lowest BCUT2D eigenvalue weighted by molar-refractivity contribution is -0.128. The van der Waals surface area contributed by atoms with Crippen LogP contribution in [0.1, 0.15) is 11.4 Å². The SMILES string of the molecule is COc1cccc(C=C(C(=O)Oc2ccccc2)n2nnnc2C)c1. The maximum atomic E-state index is 12.7. The zero-order valence-electron chi connectivity index (χ0n) is 13.8. The van der Waals surface area contributed by atoms with E-state index < -0.39 is 5.97 Å². The maximum absolute atomic E-state index is 12.7. The Bertz CT molecular complexity index is 903. The van der Waals surface area contributed by atoms with Gasteiger partial charge in [-0.2, -0.15) is 4.68 Å². The summed E-state index contributed by atoms with van der Waals surface area (Å²) >= 11 is 0. The van der Waals surface area contributed by atoms with Crippen LogP contribution in [0.15, 0.2) is 54.6 Å². The van der Waals surface area contributed by atoms with E-state index in [2.05, 4.69) is 15.5 Å². The van der Waals surface area contributed by atoms with Crippen molar-refractivity contribution in [2.75, 3.05) is 7.11 Å². The fourth-order valence-electron chi connectivity index (χ4n) is 2.20. The second-order valence-corrected chi connectivity index (χ2v) is 5.15. The lowest BCUT2D eigenvalue weighted by Crippen LogP contribution is -2.17. The molecule has 0 saturated heterocycles. The number of hydrogen-bond acceptors (Lipinski definition) is 6. The molecule has 1 aromatic heterocycles. The van der Waals surface area contributed by atoms with Gasteiger partial charge in [0.25, 0.3) is 0 Å². The van der Waals surface area contributed by atoms with Gasteiger partial charge in [0.1, 0.15) is 11.5 Å². The quantitative estimate of drug-likeness (QED) is 0.405. The number of nitrogens with zero attached hydrogens (tertiary/aromatic N) is 4. The molecule has 3 rings (SSSR count). The van der Waals surface area contributed by atoms with Crippen LogP contribution in [0.3, 0.4) is 0 Å². The summed E-state index contributed by atoms with van der Waals surface area (Å²) in [6.45, 7) is 1.70. The van der Waals surface area contributed by atoms with Gasteiger partial charge in [-0.15, -0.1) is 5.10 Å². The van der Waals surface area contributed by atoms with E-state index in [1.54, 1.807) is 50.4 Å². The Hall–Kier alpha value is -3.48. The van der Waals surface area contributed by atoms with Crippen LogP contribution in [0.5, 0.6) is 11.5 Å². The van der Waals surface area contributed by atoms with Gasteiger partial charge in [0.15, 0.2) is 11.5 Å². The largest absolute Gasteiger partial charge is 0.497 e. The number of ether oxygens (including phenoxy) is 2. The fourth-order valence-corrected chi connectivity index (χ4v) is 2.20. The van der Waals surface area contributed by atoms with Gasteiger partial charge in [0, 0.05) is 0 Å². The van der Waals surface area contributed by atoms with Gasteiger partial charge in [-0.3, -0.25) is 0 Å². The van der Waals surface area contributed by atoms with Crippen LogP contribution in [0.2, 0.25) is 0 Å². The van der Waals surface area contributed by atoms with Crippen LogP contribution in [-0.4, -0.2) is 33.3 Å². The molecule has 0 unspecified atom stereocenters. The number of carbonyl (C=O) groups is 1. The minimum absolute atomic E-state index is 0.194. The van der Waals surface area contributed by atoms with Crippen molar-refractivity contribution >= 4 is 17.7 Å². The molecule has 0 amide bonds. The molecule has 0 spiro atoms. The minimum atomic E-state index is -0.565. The number of para-hydroxylation sites is 1. The molecule has 126 valence electrons. The first-order valence-corrected chi connectivity index (χ1v) is 7.55. The third kappa shape index (κ3) is 3.89. The molecule has 3 aromatic rings. The molecular weight excluding hydrogens is 320 g/mol. The highest BCUT2D eigenvalue weighted by molar-refractivity contribution is 6.16. The van der Waals surface area contributed by atoms with Crippen molar-refractivity contribution in [2.45, 2.75) is 6.92 Å². The van der Waals surface area contributed by atoms with E-state index in [-0.39, 0.29) is 5.70 Å². The average Bonchev–Trinajstić information content (AvgIpc) is 3.06. The molecule has 0 radical (unpaired) electrons.